The first-order valence-electron chi connectivity index (χ1n) is 7.99. The van der Waals surface area contributed by atoms with Crippen molar-refractivity contribution >= 4 is 46.4 Å². The molecule has 0 aliphatic carbocycles. The number of hydrogen-bond acceptors (Lipinski definition) is 5. The van der Waals surface area contributed by atoms with Crippen LogP contribution in [0.25, 0.3) is 0 Å². The summed E-state index contributed by atoms with van der Waals surface area (Å²) < 4.78 is 15.9. The molecule has 0 fully saturated rings. The number of aromatic nitrogens is 3. The molecule has 2 aliphatic rings. The van der Waals surface area contributed by atoms with Gasteiger partial charge in [0.05, 0.1) is 27.7 Å². The summed E-state index contributed by atoms with van der Waals surface area (Å²) in [7, 11) is 0. The molecule has 0 saturated heterocycles. The molecule has 0 radical (unpaired) electrons. The van der Waals surface area contributed by atoms with Crippen molar-refractivity contribution in [3.05, 3.63) is 45.2 Å². The van der Waals surface area contributed by atoms with Crippen LogP contribution in [0, 0.1) is 5.82 Å². The lowest BCUT2D eigenvalue weighted by atomic mass is 10.1. The molecular formula is C16H14Cl2FN5OS. The van der Waals surface area contributed by atoms with E-state index in [4.69, 9.17) is 23.2 Å². The normalized spacial score (nSPS) is 21.9. The Morgan fingerprint density at radius 1 is 1.31 bits per heavy atom. The van der Waals surface area contributed by atoms with Crippen molar-refractivity contribution < 1.29 is 9.18 Å². The van der Waals surface area contributed by atoms with E-state index >= 15 is 0 Å². The molecule has 10 heteroatoms. The van der Waals surface area contributed by atoms with Gasteiger partial charge in [0.1, 0.15) is 6.04 Å². The Labute approximate surface area is 163 Å². The summed E-state index contributed by atoms with van der Waals surface area (Å²) in [5, 5.41) is 8.44. The first-order valence-corrected chi connectivity index (χ1v) is 9.69. The summed E-state index contributed by atoms with van der Waals surface area (Å²) in [6.07, 6.45) is 0. The SMILES string of the molecule is CC1SC=NC1c1nnc2n1CCN(C(=O)c1ccc(Cl)c(F)c1Cl)C2. The number of aliphatic imine (C=N–C) groups is 1. The van der Waals surface area contributed by atoms with Crippen LogP contribution in [0.3, 0.4) is 0 Å². The number of carbonyl (C=O) groups excluding carboxylic acids is 1. The molecule has 2 unspecified atom stereocenters. The highest BCUT2D eigenvalue weighted by Gasteiger charge is 2.32. The van der Waals surface area contributed by atoms with Crippen LogP contribution in [-0.2, 0) is 13.1 Å². The second kappa shape index (κ2) is 6.83. The van der Waals surface area contributed by atoms with Gasteiger partial charge < -0.3 is 9.47 Å². The van der Waals surface area contributed by atoms with E-state index in [1.165, 1.54) is 12.1 Å². The predicted octanol–water partition coefficient (Wildman–Crippen LogP) is 3.58. The van der Waals surface area contributed by atoms with Crippen LogP contribution in [0.15, 0.2) is 17.1 Å². The molecule has 4 rings (SSSR count). The number of fused-ring (bicyclic) bond motifs is 1. The highest BCUT2D eigenvalue weighted by Crippen LogP contribution is 2.34. The zero-order valence-corrected chi connectivity index (χ0v) is 16.0. The summed E-state index contributed by atoms with van der Waals surface area (Å²) in [5.74, 6) is 0.359. The molecule has 0 saturated carbocycles. The third-order valence-electron chi connectivity index (χ3n) is 4.54. The molecule has 6 nitrogen and oxygen atoms in total. The molecular weight excluding hydrogens is 400 g/mol. The van der Waals surface area contributed by atoms with E-state index in [2.05, 4.69) is 22.1 Å². The van der Waals surface area contributed by atoms with Gasteiger partial charge in [-0.25, -0.2) is 4.39 Å². The van der Waals surface area contributed by atoms with Crippen molar-refractivity contribution in [2.24, 2.45) is 4.99 Å². The van der Waals surface area contributed by atoms with Crippen LogP contribution in [0.1, 0.15) is 35.0 Å². The van der Waals surface area contributed by atoms with Gasteiger partial charge in [-0.15, -0.1) is 22.0 Å². The topological polar surface area (TPSA) is 63.4 Å². The maximum absolute atomic E-state index is 13.9. The van der Waals surface area contributed by atoms with Gasteiger partial charge in [0.2, 0.25) is 0 Å². The van der Waals surface area contributed by atoms with Crippen molar-refractivity contribution in [3.8, 4) is 0 Å². The lowest BCUT2D eigenvalue weighted by Gasteiger charge is -2.29. The Bertz CT molecular complexity index is 918. The predicted molar refractivity (Wildman–Crippen MR) is 99.5 cm³/mol. The fraction of sp³-hybridized carbons (Fsp3) is 0.375. The molecule has 1 amide bonds. The molecule has 0 N–H and O–H groups in total. The summed E-state index contributed by atoms with van der Waals surface area (Å²) in [6.45, 7) is 3.39. The number of halogens is 3. The minimum absolute atomic E-state index is 0.0247. The first kappa shape index (κ1) is 17.8. The number of thioether (sulfide) groups is 1. The van der Waals surface area contributed by atoms with Crippen molar-refractivity contribution in [2.75, 3.05) is 6.54 Å². The maximum Gasteiger partial charge on any atom is 0.255 e. The lowest BCUT2D eigenvalue weighted by Crippen LogP contribution is -2.39. The first-order chi connectivity index (χ1) is 12.5. The second-order valence-electron chi connectivity index (χ2n) is 6.12. The fourth-order valence-electron chi connectivity index (χ4n) is 3.10. The van der Waals surface area contributed by atoms with Crippen LogP contribution >= 0.6 is 35.0 Å². The molecule has 136 valence electrons. The molecule has 26 heavy (non-hydrogen) atoms. The van der Waals surface area contributed by atoms with E-state index in [0.29, 0.717) is 24.2 Å². The number of rotatable bonds is 2. The average Bonchev–Trinajstić information content (AvgIpc) is 3.24. The van der Waals surface area contributed by atoms with E-state index in [1.54, 1.807) is 16.7 Å². The number of amides is 1. The Hall–Kier alpha value is -1.64. The van der Waals surface area contributed by atoms with E-state index in [0.717, 1.165) is 5.82 Å². The van der Waals surface area contributed by atoms with Gasteiger partial charge in [-0.2, -0.15) is 0 Å². The Balaban J connectivity index is 1.58. The smallest absolute Gasteiger partial charge is 0.255 e. The van der Waals surface area contributed by atoms with E-state index < -0.39 is 5.82 Å². The Morgan fingerprint density at radius 3 is 2.85 bits per heavy atom. The third kappa shape index (κ3) is 2.90. The fourth-order valence-corrected chi connectivity index (χ4v) is 4.29. The minimum Gasteiger partial charge on any atom is -0.329 e. The molecule has 1 aromatic carbocycles. The van der Waals surface area contributed by atoms with Gasteiger partial charge in [-0.3, -0.25) is 9.79 Å². The summed E-state index contributed by atoms with van der Waals surface area (Å²) in [6, 6.07) is 2.74. The number of benzene rings is 1. The average molecular weight is 414 g/mol. The zero-order valence-electron chi connectivity index (χ0n) is 13.7. The van der Waals surface area contributed by atoms with Crippen molar-refractivity contribution in [3.63, 3.8) is 0 Å². The van der Waals surface area contributed by atoms with Gasteiger partial charge in [0, 0.05) is 18.3 Å². The standard InChI is InChI=1S/C16H14Cl2FN5OS/c1-8-14(20-7-26-8)15-22-21-11-6-23(4-5-24(11)15)16(25)9-2-3-10(17)13(19)12(9)18/h2-3,7-8,14H,4-6H2,1H3. The van der Waals surface area contributed by atoms with Crippen molar-refractivity contribution in [2.45, 2.75) is 31.3 Å². The molecule has 2 aliphatic heterocycles. The largest absolute Gasteiger partial charge is 0.329 e. The second-order valence-corrected chi connectivity index (χ2v) is 8.13. The number of carbonyl (C=O) groups is 1. The van der Waals surface area contributed by atoms with Crippen molar-refractivity contribution in [1.82, 2.24) is 19.7 Å². The van der Waals surface area contributed by atoms with Crippen LogP contribution in [0.5, 0.6) is 0 Å². The molecule has 2 atom stereocenters. The Morgan fingerprint density at radius 2 is 2.12 bits per heavy atom. The number of nitrogens with zero attached hydrogens (tertiary/aromatic N) is 5. The molecule has 1 aromatic heterocycles. The minimum atomic E-state index is -0.785. The quantitative estimate of drug-likeness (QED) is 0.705. The monoisotopic (exact) mass is 413 g/mol. The Kier molecular flexibility index (Phi) is 4.66. The molecule has 0 bridgehead atoms. The highest BCUT2D eigenvalue weighted by molar-refractivity contribution is 8.12. The van der Waals surface area contributed by atoms with Crippen LogP contribution in [0.4, 0.5) is 4.39 Å². The lowest BCUT2D eigenvalue weighted by molar-refractivity contribution is 0.0706. The molecule has 0 spiro atoms. The van der Waals surface area contributed by atoms with Gasteiger partial charge in [-0.05, 0) is 12.1 Å². The third-order valence-corrected chi connectivity index (χ3v) is 6.13. The van der Waals surface area contributed by atoms with Crippen LogP contribution in [-0.4, -0.2) is 42.9 Å². The van der Waals surface area contributed by atoms with E-state index in [1.807, 2.05) is 10.1 Å². The number of hydrogen-bond donors (Lipinski definition) is 0. The summed E-state index contributed by atoms with van der Waals surface area (Å²) in [4.78, 5) is 18.8. The van der Waals surface area contributed by atoms with E-state index in [9.17, 15) is 9.18 Å². The van der Waals surface area contributed by atoms with Gasteiger partial charge in [0.25, 0.3) is 5.91 Å². The molecule has 3 heterocycles. The maximum atomic E-state index is 13.9. The summed E-state index contributed by atoms with van der Waals surface area (Å²) >= 11 is 13.3. The molecule has 2 aromatic rings. The van der Waals surface area contributed by atoms with Crippen molar-refractivity contribution in [1.29, 1.82) is 0 Å². The van der Waals surface area contributed by atoms with Gasteiger partial charge in [0.15, 0.2) is 17.5 Å². The summed E-state index contributed by atoms with van der Waals surface area (Å²) in [5.41, 5.74) is 1.93. The highest BCUT2D eigenvalue weighted by atomic mass is 35.5. The van der Waals surface area contributed by atoms with Gasteiger partial charge >= 0.3 is 0 Å². The van der Waals surface area contributed by atoms with Gasteiger partial charge in [-0.1, -0.05) is 30.1 Å². The van der Waals surface area contributed by atoms with Crippen LogP contribution < -0.4 is 0 Å². The zero-order chi connectivity index (χ0) is 18.4. The van der Waals surface area contributed by atoms with Crippen LogP contribution in [0.2, 0.25) is 10.0 Å². The van der Waals surface area contributed by atoms with E-state index in [-0.39, 0.29) is 34.1 Å².